The Morgan fingerprint density at radius 2 is 1.94 bits per heavy atom. The maximum Gasteiger partial charge on any atom is 0.329 e. The Balaban J connectivity index is 1.83. The molecule has 2 aromatic carbocycles. The summed E-state index contributed by atoms with van der Waals surface area (Å²) in [5, 5.41) is 0.122. The van der Waals surface area contributed by atoms with Gasteiger partial charge in [0.15, 0.2) is 0 Å². The Morgan fingerprint density at radius 1 is 1.23 bits per heavy atom. The van der Waals surface area contributed by atoms with E-state index in [1.807, 2.05) is 18.2 Å². The summed E-state index contributed by atoms with van der Waals surface area (Å²) in [4.78, 5) is 38.3. The lowest BCUT2D eigenvalue weighted by atomic mass is 10.1. The van der Waals surface area contributed by atoms with Crippen LogP contribution in [0.5, 0.6) is 5.75 Å². The average Bonchev–Trinajstić information content (AvgIpc) is 3.01. The number of ether oxygens (including phenoxy) is 2. The fourth-order valence-electron chi connectivity index (χ4n) is 2.83. The third-order valence-electron chi connectivity index (χ3n) is 4.40. The molecule has 0 aromatic heterocycles. The summed E-state index contributed by atoms with van der Waals surface area (Å²) in [6, 6.07) is 11.7. The molecular weight excluding hydrogens is 506 g/mol. The molecule has 0 saturated carbocycles. The van der Waals surface area contributed by atoms with E-state index in [1.165, 1.54) is 6.92 Å². The highest BCUT2D eigenvalue weighted by atomic mass is 79.9. The zero-order chi connectivity index (χ0) is 22.5. The summed E-state index contributed by atoms with van der Waals surface area (Å²) in [6.45, 7) is 3.61. The van der Waals surface area contributed by atoms with Crippen LogP contribution in [0.25, 0.3) is 6.08 Å². The van der Waals surface area contributed by atoms with Crippen LogP contribution in [0.1, 0.15) is 25.0 Å². The van der Waals surface area contributed by atoms with Crippen LogP contribution >= 0.6 is 39.3 Å². The molecule has 1 saturated heterocycles. The van der Waals surface area contributed by atoms with Crippen LogP contribution in [0, 0.1) is 0 Å². The highest BCUT2D eigenvalue weighted by Gasteiger charge is 2.41. The molecule has 2 aromatic rings. The monoisotopic (exact) mass is 523 g/mol. The van der Waals surface area contributed by atoms with E-state index in [0.717, 1.165) is 26.7 Å². The van der Waals surface area contributed by atoms with Crippen molar-refractivity contribution in [3.63, 3.8) is 0 Å². The number of nitrogens with zero attached hydrogens (tertiary/aromatic N) is 1. The first kappa shape index (κ1) is 23.4. The van der Waals surface area contributed by atoms with Crippen LogP contribution < -0.4 is 4.74 Å². The van der Waals surface area contributed by atoms with E-state index in [-0.39, 0.29) is 11.5 Å². The number of hydrogen-bond acceptors (Lipinski definition) is 6. The summed E-state index contributed by atoms with van der Waals surface area (Å²) in [7, 11) is 0. The third kappa shape index (κ3) is 5.70. The average molecular weight is 525 g/mol. The van der Waals surface area contributed by atoms with Crippen molar-refractivity contribution in [2.45, 2.75) is 26.5 Å². The number of esters is 1. The minimum absolute atomic E-state index is 0.168. The van der Waals surface area contributed by atoms with Gasteiger partial charge in [-0.25, -0.2) is 4.79 Å². The van der Waals surface area contributed by atoms with Crippen molar-refractivity contribution in [3.05, 3.63) is 68.0 Å². The van der Waals surface area contributed by atoms with Gasteiger partial charge in [-0.1, -0.05) is 39.7 Å². The molecule has 2 amide bonds. The topological polar surface area (TPSA) is 72.9 Å². The van der Waals surface area contributed by atoms with Gasteiger partial charge in [0, 0.05) is 15.1 Å². The van der Waals surface area contributed by atoms with Crippen LogP contribution in [0.4, 0.5) is 4.79 Å². The number of carbonyl (C=O) groups excluding carboxylic acids is 3. The first-order chi connectivity index (χ1) is 14.8. The van der Waals surface area contributed by atoms with Crippen LogP contribution in [-0.4, -0.2) is 34.7 Å². The number of carbonyl (C=O) groups is 3. The molecule has 1 aliphatic rings. The number of imide groups is 1. The second-order valence-corrected chi connectivity index (χ2v) is 8.92. The van der Waals surface area contributed by atoms with E-state index in [2.05, 4.69) is 15.9 Å². The standard InChI is InChI=1S/C22H19BrClNO5S/c1-3-29-21(27)13(2)25-20(26)19(31-22(25)28)11-15-10-16(23)6-9-18(15)30-12-14-4-7-17(24)8-5-14/h4-11,13H,3,12H2,1-2H3/b19-11+/t13-/m1/s1. The fraction of sp³-hybridized carbons (Fsp3) is 0.227. The summed E-state index contributed by atoms with van der Waals surface area (Å²) in [5.41, 5.74) is 1.56. The zero-order valence-corrected chi connectivity index (χ0v) is 19.9. The zero-order valence-electron chi connectivity index (χ0n) is 16.8. The van der Waals surface area contributed by atoms with E-state index >= 15 is 0 Å². The van der Waals surface area contributed by atoms with Gasteiger partial charge in [-0.15, -0.1) is 0 Å². The lowest BCUT2D eigenvalue weighted by Crippen LogP contribution is -2.42. The first-order valence-corrected chi connectivity index (χ1v) is 11.4. The molecular formula is C22H19BrClNO5S. The maximum absolute atomic E-state index is 12.8. The molecule has 1 heterocycles. The van der Waals surface area contributed by atoms with Crippen molar-refractivity contribution in [1.82, 2.24) is 4.90 Å². The van der Waals surface area contributed by atoms with Crippen LogP contribution in [0.2, 0.25) is 5.02 Å². The van der Waals surface area contributed by atoms with Gasteiger partial charge in [-0.3, -0.25) is 14.5 Å². The Morgan fingerprint density at radius 3 is 2.61 bits per heavy atom. The van der Waals surface area contributed by atoms with E-state index < -0.39 is 23.2 Å². The molecule has 0 spiro atoms. The van der Waals surface area contributed by atoms with E-state index in [0.29, 0.717) is 22.9 Å². The Kier molecular flexibility index (Phi) is 7.80. The molecule has 0 N–H and O–H groups in total. The number of thioether (sulfide) groups is 1. The largest absolute Gasteiger partial charge is 0.488 e. The van der Waals surface area contributed by atoms with E-state index in [4.69, 9.17) is 21.1 Å². The molecule has 0 bridgehead atoms. The van der Waals surface area contributed by atoms with Crippen LogP contribution in [-0.2, 0) is 20.9 Å². The lowest BCUT2D eigenvalue weighted by molar-refractivity contribution is -0.150. The van der Waals surface area contributed by atoms with E-state index in [1.54, 1.807) is 37.3 Å². The third-order valence-corrected chi connectivity index (χ3v) is 6.03. The van der Waals surface area contributed by atoms with Crippen molar-refractivity contribution in [2.24, 2.45) is 0 Å². The van der Waals surface area contributed by atoms with Crippen molar-refractivity contribution >= 4 is 62.5 Å². The quantitative estimate of drug-likeness (QED) is 0.343. The van der Waals surface area contributed by atoms with Crippen molar-refractivity contribution in [3.8, 4) is 5.75 Å². The molecule has 0 aliphatic carbocycles. The summed E-state index contributed by atoms with van der Waals surface area (Å²) < 4.78 is 11.7. The summed E-state index contributed by atoms with van der Waals surface area (Å²) >= 11 is 10.1. The number of rotatable bonds is 7. The molecule has 9 heteroatoms. The smallest absolute Gasteiger partial charge is 0.329 e. The molecule has 31 heavy (non-hydrogen) atoms. The SMILES string of the molecule is CCOC(=O)[C@@H](C)N1C(=O)S/C(=C/c2cc(Br)ccc2OCc2ccc(Cl)cc2)C1=O. The Bertz CT molecular complexity index is 1040. The van der Waals surface area contributed by atoms with Gasteiger partial charge >= 0.3 is 5.97 Å². The number of benzene rings is 2. The second kappa shape index (κ2) is 10.3. The maximum atomic E-state index is 12.8. The minimum atomic E-state index is -0.999. The Hall–Kier alpha value is -2.29. The van der Waals surface area contributed by atoms with Gasteiger partial charge < -0.3 is 9.47 Å². The minimum Gasteiger partial charge on any atom is -0.488 e. The lowest BCUT2D eigenvalue weighted by Gasteiger charge is -2.19. The molecule has 162 valence electrons. The van der Waals surface area contributed by atoms with Gasteiger partial charge in [-0.2, -0.15) is 0 Å². The van der Waals surface area contributed by atoms with Gasteiger partial charge in [0.1, 0.15) is 18.4 Å². The van der Waals surface area contributed by atoms with Gasteiger partial charge in [0.2, 0.25) is 0 Å². The van der Waals surface area contributed by atoms with Gasteiger partial charge in [0.05, 0.1) is 11.5 Å². The second-order valence-electron chi connectivity index (χ2n) is 6.58. The highest BCUT2D eigenvalue weighted by Crippen LogP contribution is 2.36. The molecule has 6 nitrogen and oxygen atoms in total. The molecule has 3 rings (SSSR count). The fourth-order valence-corrected chi connectivity index (χ4v) is 4.23. The highest BCUT2D eigenvalue weighted by molar-refractivity contribution is 9.10. The predicted molar refractivity (Wildman–Crippen MR) is 124 cm³/mol. The predicted octanol–water partition coefficient (Wildman–Crippen LogP) is 5.67. The van der Waals surface area contributed by atoms with E-state index in [9.17, 15) is 14.4 Å². The van der Waals surface area contributed by atoms with Crippen molar-refractivity contribution in [1.29, 1.82) is 0 Å². The Labute approximate surface area is 197 Å². The molecule has 1 fully saturated rings. The molecule has 1 aliphatic heterocycles. The number of amides is 2. The summed E-state index contributed by atoms with van der Waals surface area (Å²) in [5.74, 6) is -0.622. The first-order valence-electron chi connectivity index (χ1n) is 9.40. The molecule has 0 unspecified atom stereocenters. The van der Waals surface area contributed by atoms with Gasteiger partial charge in [0.25, 0.3) is 11.1 Å². The number of hydrogen-bond donors (Lipinski definition) is 0. The number of halogens is 2. The summed E-state index contributed by atoms with van der Waals surface area (Å²) in [6.07, 6.45) is 1.59. The van der Waals surface area contributed by atoms with Crippen molar-refractivity contribution in [2.75, 3.05) is 6.61 Å². The van der Waals surface area contributed by atoms with Gasteiger partial charge in [-0.05, 0) is 67.6 Å². The van der Waals surface area contributed by atoms with Crippen molar-refractivity contribution < 1.29 is 23.9 Å². The molecule has 1 atom stereocenters. The van der Waals surface area contributed by atoms with Crippen LogP contribution in [0.15, 0.2) is 51.8 Å². The van der Waals surface area contributed by atoms with Crippen LogP contribution in [0.3, 0.4) is 0 Å². The molecule has 0 radical (unpaired) electrons. The normalized spacial score (nSPS) is 16.0.